The molecule has 22 heavy (non-hydrogen) atoms. The van der Waals surface area contributed by atoms with E-state index in [4.69, 9.17) is 11.6 Å². The number of aromatic nitrogens is 1. The van der Waals surface area contributed by atoms with E-state index in [0.29, 0.717) is 12.2 Å². The maximum Gasteiger partial charge on any atom is 0.268 e. The average molecular weight is 313 g/mol. The molecule has 0 aliphatic carbocycles. The van der Waals surface area contributed by atoms with Crippen LogP contribution in [0.2, 0.25) is 5.02 Å². The topological polar surface area (TPSA) is 44.9 Å². The first-order valence-electron chi connectivity index (χ1n) is 7.25. The van der Waals surface area contributed by atoms with E-state index in [-0.39, 0.29) is 5.91 Å². The third-order valence-electron chi connectivity index (χ3n) is 3.78. The van der Waals surface area contributed by atoms with Gasteiger partial charge in [-0.2, -0.15) is 0 Å². The first-order chi connectivity index (χ1) is 10.6. The van der Waals surface area contributed by atoms with Gasteiger partial charge in [0.05, 0.1) is 0 Å². The second kappa shape index (κ2) is 6.24. The molecule has 1 aromatic heterocycles. The quantitative estimate of drug-likeness (QED) is 0.748. The number of fused-ring (bicyclic) bond motifs is 1. The largest absolute Gasteiger partial charge is 0.350 e. The fraction of sp³-hybridized carbons (Fsp3) is 0.167. The highest BCUT2D eigenvalue weighted by atomic mass is 35.5. The van der Waals surface area contributed by atoms with Crippen LogP contribution in [0.25, 0.3) is 10.9 Å². The average Bonchev–Trinajstić information content (AvgIpc) is 2.85. The molecule has 0 radical (unpaired) electrons. The van der Waals surface area contributed by atoms with Crippen molar-refractivity contribution in [2.45, 2.75) is 13.3 Å². The van der Waals surface area contributed by atoms with Gasteiger partial charge in [0.15, 0.2) is 0 Å². The van der Waals surface area contributed by atoms with E-state index in [1.54, 1.807) is 0 Å². The summed E-state index contributed by atoms with van der Waals surface area (Å²) in [7, 11) is 0. The highest BCUT2D eigenvalue weighted by Gasteiger charge is 2.13. The van der Waals surface area contributed by atoms with Gasteiger partial charge >= 0.3 is 0 Å². The molecule has 1 heterocycles. The molecule has 0 bridgehead atoms. The zero-order valence-electron chi connectivity index (χ0n) is 12.3. The number of nitrogens with one attached hydrogen (secondary N) is 2. The van der Waals surface area contributed by atoms with Crippen molar-refractivity contribution in [1.29, 1.82) is 0 Å². The van der Waals surface area contributed by atoms with Crippen LogP contribution in [0, 0.1) is 6.92 Å². The lowest BCUT2D eigenvalue weighted by molar-refractivity contribution is 0.0949. The summed E-state index contributed by atoms with van der Waals surface area (Å²) in [5.74, 6) is -0.0734. The molecule has 0 aliphatic heterocycles. The van der Waals surface area contributed by atoms with E-state index in [9.17, 15) is 4.79 Å². The Bertz CT molecular complexity index is 823. The zero-order chi connectivity index (χ0) is 15.5. The van der Waals surface area contributed by atoms with Crippen LogP contribution in [-0.4, -0.2) is 17.4 Å². The first-order valence-corrected chi connectivity index (χ1v) is 7.63. The van der Waals surface area contributed by atoms with Crippen molar-refractivity contribution in [2.75, 3.05) is 6.54 Å². The number of aromatic amines is 1. The number of H-pyrrole nitrogens is 1. The Kier molecular flexibility index (Phi) is 4.16. The van der Waals surface area contributed by atoms with Crippen molar-refractivity contribution in [3.8, 4) is 0 Å². The van der Waals surface area contributed by atoms with Crippen molar-refractivity contribution in [3.05, 3.63) is 70.4 Å². The molecule has 0 saturated heterocycles. The molecular formula is C18H17ClN2O. The molecule has 0 saturated carbocycles. The lowest BCUT2D eigenvalue weighted by Crippen LogP contribution is -2.26. The maximum absolute atomic E-state index is 12.3. The van der Waals surface area contributed by atoms with E-state index >= 15 is 0 Å². The molecule has 2 N–H and O–H groups in total. The van der Waals surface area contributed by atoms with Crippen molar-refractivity contribution < 1.29 is 4.79 Å². The highest BCUT2D eigenvalue weighted by Crippen LogP contribution is 2.21. The molecule has 0 atom stereocenters. The molecule has 0 aliphatic rings. The zero-order valence-corrected chi connectivity index (χ0v) is 13.1. The predicted octanol–water partition coefficient (Wildman–Crippen LogP) is 4.10. The minimum Gasteiger partial charge on any atom is -0.350 e. The summed E-state index contributed by atoms with van der Waals surface area (Å²) in [5.41, 5.74) is 3.71. The van der Waals surface area contributed by atoms with Gasteiger partial charge in [-0.3, -0.25) is 4.79 Å². The van der Waals surface area contributed by atoms with Gasteiger partial charge in [-0.05, 0) is 42.7 Å². The Balaban J connectivity index is 1.67. The molecule has 3 rings (SSSR count). The van der Waals surface area contributed by atoms with Crippen LogP contribution in [0.15, 0.2) is 48.5 Å². The number of hydrogen-bond donors (Lipinski definition) is 2. The summed E-state index contributed by atoms with van der Waals surface area (Å²) in [6.07, 6.45) is 0.756. The molecular weight excluding hydrogens is 296 g/mol. The van der Waals surface area contributed by atoms with Crippen LogP contribution in [0.5, 0.6) is 0 Å². The molecule has 112 valence electrons. The summed E-state index contributed by atoms with van der Waals surface area (Å²) in [5, 5.41) is 4.76. The van der Waals surface area contributed by atoms with E-state index in [2.05, 4.69) is 10.3 Å². The fourth-order valence-electron chi connectivity index (χ4n) is 2.61. The van der Waals surface area contributed by atoms with Crippen LogP contribution in [0.3, 0.4) is 0 Å². The van der Waals surface area contributed by atoms with Gasteiger partial charge < -0.3 is 10.3 Å². The number of benzene rings is 2. The normalized spacial score (nSPS) is 10.8. The monoisotopic (exact) mass is 312 g/mol. The first kappa shape index (κ1) is 14.7. The molecule has 0 spiro atoms. The second-order valence-electron chi connectivity index (χ2n) is 5.31. The molecule has 2 aromatic carbocycles. The van der Waals surface area contributed by atoms with Gasteiger partial charge in [-0.15, -0.1) is 0 Å². The number of halogens is 1. The maximum atomic E-state index is 12.3. The van der Waals surface area contributed by atoms with Crippen LogP contribution in [0.4, 0.5) is 0 Å². The summed E-state index contributed by atoms with van der Waals surface area (Å²) in [6.45, 7) is 2.54. The third-order valence-corrected chi connectivity index (χ3v) is 4.02. The van der Waals surface area contributed by atoms with Gasteiger partial charge in [0.1, 0.15) is 5.69 Å². The summed E-state index contributed by atoms with van der Waals surface area (Å²) in [6, 6.07) is 15.6. The lowest BCUT2D eigenvalue weighted by Gasteiger charge is -2.05. The summed E-state index contributed by atoms with van der Waals surface area (Å²) in [4.78, 5) is 15.5. The van der Waals surface area contributed by atoms with E-state index < -0.39 is 0 Å². The van der Waals surface area contributed by atoms with Gasteiger partial charge in [-0.25, -0.2) is 0 Å². The number of rotatable bonds is 4. The minimum absolute atomic E-state index is 0.0734. The SMILES string of the molecule is Cc1c(C(=O)NCCc2cccc(Cl)c2)[nH]c2ccccc12. The van der Waals surface area contributed by atoms with Crippen molar-refractivity contribution in [2.24, 2.45) is 0 Å². The number of para-hydroxylation sites is 1. The van der Waals surface area contributed by atoms with Gasteiger partial charge in [0, 0.05) is 22.5 Å². The van der Waals surface area contributed by atoms with Crippen LogP contribution in [-0.2, 0) is 6.42 Å². The Morgan fingerprint density at radius 2 is 2.00 bits per heavy atom. The lowest BCUT2D eigenvalue weighted by atomic mass is 10.1. The molecule has 3 aromatic rings. The van der Waals surface area contributed by atoms with Crippen LogP contribution in [0.1, 0.15) is 21.6 Å². The minimum atomic E-state index is -0.0734. The van der Waals surface area contributed by atoms with E-state index in [0.717, 1.165) is 33.5 Å². The highest BCUT2D eigenvalue weighted by molar-refractivity contribution is 6.30. The molecule has 0 unspecified atom stereocenters. The Hall–Kier alpha value is -2.26. The number of aryl methyl sites for hydroxylation is 1. The Labute approximate surface area is 134 Å². The molecule has 3 nitrogen and oxygen atoms in total. The molecule has 1 amide bonds. The fourth-order valence-corrected chi connectivity index (χ4v) is 2.82. The van der Waals surface area contributed by atoms with Gasteiger partial charge in [0.25, 0.3) is 5.91 Å². The van der Waals surface area contributed by atoms with Gasteiger partial charge in [-0.1, -0.05) is 41.9 Å². The van der Waals surface area contributed by atoms with Gasteiger partial charge in [0.2, 0.25) is 0 Å². The number of hydrogen-bond acceptors (Lipinski definition) is 1. The molecule has 0 fully saturated rings. The van der Waals surface area contributed by atoms with Crippen molar-refractivity contribution in [1.82, 2.24) is 10.3 Å². The number of carbonyl (C=O) groups excluding carboxylic acids is 1. The standard InChI is InChI=1S/C18H17ClN2O/c1-12-15-7-2-3-8-16(15)21-17(12)18(22)20-10-9-13-5-4-6-14(19)11-13/h2-8,11,21H,9-10H2,1H3,(H,20,22). The number of amides is 1. The van der Waals surface area contributed by atoms with Crippen molar-refractivity contribution in [3.63, 3.8) is 0 Å². The third kappa shape index (κ3) is 3.00. The Morgan fingerprint density at radius 1 is 1.18 bits per heavy atom. The molecule has 4 heteroatoms. The summed E-state index contributed by atoms with van der Waals surface area (Å²) >= 11 is 5.96. The summed E-state index contributed by atoms with van der Waals surface area (Å²) < 4.78 is 0. The number of carbonyl (C=O) groups is 1. The van der Waals surface area contributed by atoms with Crippen molar-refractivity contribution >= 4 is 28.4 Å². The smallest absolute Gasteiger partial charge is 0.268 e. The van der Waals surface area contributed by atoms with Crippen LogP contribution < -0.4 is 5.32 Å². The second-order valence-corrected chi connectivity index (χ2v) is 5.74. The Morgan fingerprint density at radius 3 is 2.77 bits per heavy atom. The van der Waals surface area contributed by atoms with E-state index in [1.165, 1.54) is 0 Å². The van der Waals surface area contributed by atoms with E-state index in [1.807, 2.05) is 55.5 Å². The predicted molar refractivity (Wildman–Crippen MR) is 90.5 cm³/mol. The van der Waals surface area contributed by atoms with Crippen LogP contribution >= 0.6 is 11.6 Å².